The zero-order chi connectivity index (χ0) is 26.6. The molecule has 4 aromatic rings. The Morgan fingerprint density at radius 1 is 0.579 bits per heavy atom. The minimum absolute atomic E-state index is 0.0453. The van der Waals surface area contributed by atoms with Gasteiger partial charge in [0.25, 0.3) is 0 Å². The number of carbonyl (C=O) groups excluding carboxylic acids is 2. The van der Waals surface area contributed by atoms with Gasteiger partial charge in [-0.1, -0.05) is 84.9 Å². The zero-order valence-electron chi connectivity index (χ0n) is 20.8. The van der Waals surface area contributed by atoms with E-state index in [2.05, 4.69) is 0 Å². The van der Waals surface area contributed by atoms with Gasteiger partial charge in [0.1, 0.15) is 30.8 Å². The van der Waals surface area contributed by atoms with Crippen LogP contribution in [0.4, 0.5) is 0 Å². The lowest BCUT2D eigenvalue weighted by molar-refractivity contribution is 0.0626. The predicted octanol–water partition coefficient (Wildman–Crippen LogP) is 6.30. The number of hydrogen-bond donors (Lipinski definition) is 1. The number of benzene rings is 4. The fourth-order valence-corrected chi connectivity index (χ4v) is 3.53. The lowest BCUT2D eigenvalue weighted by Crippen LogP contribution is -2.25. The van der Waals surface area contributed by atoms with Crippen molar-refractivity contribution in [2.45, 2.75) is 6.10 Å². The number of rotatable bonds is 12. The quantitative estimate of drug-likeness (QED) is 0.181. The Kier molecular flexibility index (Phi) is 9.38. The summed E-state index contributed by atoms with van der Waals surface area (Å²) in [5, 5.41) is 10.2. The molecular weight excluding hydrogens is 476 g/mol. The highest BCUT2D eigenvalue weighted by atomic mass is 16.5. The minimum atomic E-state index is -0.840. The molecule has 0 aromatic heterocycles. The van der Waals surface area contributed by atoms with Gasteiger partial charge in [0.15, 0.2) is 11.6 Å². The normalized spacial score (nSPS) is 11.9. The average Bonchev–Trinajstić information content (AvgIpc) is 2.98. The summed E-state index contributed by atoms with van der Waals surface area (Å²) >= 11 is 0. The van der Waals surface area contributed by atoms with Gasteiger partial charge in [-0.05, 0) is 59.7 Å². The Morgan fingerprint density at radius 3 is 1.53 bits per heavy atom. The fraction of sp³-hybridized carbons (Fsp3) is 0.0909. The molecule has 0 unspecified atom stereocenters. The van der Waals surface area contributed by atoms with Crippen molar-refractivity contribution in [1.29, 1.82) is 0 Å². The lowest BCUT2D eigenvalue weighted by atomic mass is 10.1. The number of aliphatic hydroxyl groups is 1. The third-order valence-electron chi connectivity index (χ3n) is 5.62. The van der Waals surface area contributed by atoms with Crippen LogP contribution in [-0.4, -0.2) is 36.0 Å². The molecule has 4 aromatic carbocycles. The van der Waals surface area contributed by atoms with Crippen LogP contribution in [-0.2, 0) is 0 Å². The number of ether oxygens (including phenoxy) is 2. The molecule has 38 heavy (non-hydrogen) atoms. The van der Waals surface area contributed by atoms with Gasteiger partial charge >= 0.3 is 0 Å². The second-order valence-corrected chi connectivity index (χ2v) is 8.54. The van der Waals surface area contributed by atoms with Gasteiger partial charge in [-0.25, -0.2) is 0 Å². The first-order valence-electron chi connectivity index (χ1n) is 12.3. The molecule has 0 aliphatic heterocycles. The number of allylic oxidation sites excluding steroid dienone is 2. The molecule has 4 rings (SSSR count). The maximum absolute atomic E-state index is 12.4. The molecular formula is C33H28O5. The smallest absolute Gasteiger partial charge is 0.185 e. The van der Waals surface area contributed by atoms with Crippen molar-refractivity contribution < 1.29 is 24.2 Å². The summed E-state index contributed by atoms with van der Waals surface area (Å²) in [6.07, 6.45) is 5.77. The van der Waals surface area contributed by atoms with Gasteiger partial charge in [-0.3, -0.25) is 9.59 Å². The summed E-state index contributed by atoms with van der Waals surface area (Å²) in [5.74, 6) is 0.990. The van der Waals surface area contributed by atoms with E-state index in [-0.39, 0.29) is 24.8 Å². The Balaban J connectivity index is 1.19. The summed E-state index contributed by atoms with van der Waals surface area (Å²) in [6.45, 7) is 0.103. The summed E-state index contributed by atoms with van der Waals surface area (Å²) in [7, 11) is 0. The topological polar surface area (TPSA) is 72.8 Å². The summed E-state index contributed by atoms with van der Waals surface area (Å²) < 4.78 is 11.3. The van der Waals surface area contributed by atoms with Crippen molar-refractivity contribution in [1.82, 2.24) is 0 Å². The zero-order valence-corrected chi connectivity index (χ0v) is 20.8. The molecule has 0 heterocycles. The number of carbonyl (C=O) groups is 2. The summed E-state index contributed by atoms with van der Waals surface area (Å²) in [4.78, 5) is 24.5. The van der Waals surface area contributed by atoms with E-state index < -0.39 is 6.10 Å². The van der Waals surface area contributed by atoms with E-state index in [9.17, 15) is 14.7 Å². The summed E-state index contributed by atoms with van der Waals surface area (Å²) in [5.41, 5.74) is 3.01. The molecule has 0 saturated carbocycles. The van der Waals surface area contributed by atoms with Crippen LogP contribution in [0.3, 0.4) is 0 Å². The molecule has 0 aliphatic carbocycles. The van der Waals surface area contributed by atoms with Crippen molar-refractivity contribution in [2.24, 2.45) is 0 Å². The van der Waals surface area contributed by atoms with E-state index in [4.69, 9.17) is 9.47 Å². The first-order chi connectivity index (χ1) is 18.6. The van der Waals surface area contributed by atoms with Crippen molar-refractivity contribution in [3.8, 4) is 11.5 Å². The molecule has 0 radical (unpaired) electrons. The van der Waals surface area contributed by atoms with Gasteiger partial charge < -0.3 is 14.6 Å². The maximum atomic E-state index is 12.4. The summed E-state index contributed by atoms with van der Waals surface area (Å²) in [6, 6.07) is 32.7. The molecule has 0 bridgehead atoms. The average molecular weight is 505 g/mol. The second-order valence-electron chi connectivity index (χ2n) is 8.54. The van der Waals surface area contributed by atoms with Crippen molar-refractivity contribution in [3.63, 3.8) is 0 Å². The highest BCUT2D eigenvalue weighted by Crippen LogP contribution is 2.16. The van der Waals surface area contributed by atoms with Crippen LogP contribution in [0, 0.1) is 0 Å². The van der Waals surface area contributed by atoms with Gasteiger partial charge in [0.2, 0.25) is 0 Å². The molecule has 5 heteroatoms. The number of aliphatic hydroxyl groups excluding tert-OH is 1. The van der Waals surface area contributed by atoms with Gasteiger partial charge in [-0.15, -0.1) is 0 Å². The molecule has 0 spiro atoms. The minimum Gasteiger partial charge on any atom is -0.491 e. The van der Waals surface area contributed by atoms with Crippen molar-refractivity contribution in [3.05, 3.63) is 144 Å². The molecule has 1 atom stereocenters. The SMILES string of the molecule is O=C(/C=C\c1ccccc1)c1ccc(OC[C@H](O)COc2ccc(/C=C/C(=O)c3ccccc3)cc2)cc1. The second kappa shape index (κ2) is 13.5. The molecule has 0 fully saturated rings. The number of hydrogen-bond acceptors (Lipinski definition) is 5. The van der Waals surface area contributed by atoms with E-state index in [0.717, 1.165) is 11.1 Å². The van der Waals surface area contributed by atoms with E-state index in [1.165, 1.54) is 6.08 Å². The van der Waals surface area contributed by atoms with Crippen LogP contribution in [0.5, 0.6) is 11.5 Å². The first kappa shape index (κ1) is 26.3. The van der Waals surface area contributed by atoms with Crippen molar-refractivity contribution in [2.75, 3.05) is 13.2 Å². The van der Waals surface area contributed by atoms with Gasteiger partial charge in [0.05, 0.1) is 0 Å². The first-order valence-corrected chi connectivity index (χ1v) is 12.3. The third kappa shape index (κ3) is 8.15. The van der Waals surface area contributed by atoms with Gasteiger partial charge in [-0.2, -0.15) is 0 Å². The van der Waals surface area contributed by atoms with Crippen LogP contribution >= 0.6 is 0 Å². The van der Waals surface area contributed by atoms with E-state index in [0.29, 0.717) is 22.6 Å². The predicted molar refractivity (Wildman–Crippen MR) is 149 cm³/mol. The van der Waals surface area contributed by atoms with E-state index >= 15 is 0 Å². The lowest BCUT2D eigenvalue weighted by Gasteiger charge is -2.14. The van der Waals surface area contributed by atoms with Crippen LogP contribution in [0.1, 0.15) is 31.8 Å². The van der Waals surface area contributed by atoms with Gasteiger partial charge in [0, 0.05) is 11.1 Å². The van der Waals surface area contributed by atoms with Crippen LogP contribution < -0.4 is 9.47 Å². The largest absolute Gasteiger partial charge is 0.491 e. The number of ketones is 2. The molecule has 0 saturated heterocycles. The Labute approximate surface area is 222 Å². The highest BCUT2D eigenvalue weighted by molar-refractivity contribution is 6.07. The van der Waals surface area contributed by atoms with Crippen LogP contribution in [0.25, 0.3) is 12.2 Å². The van der Waals surface area contributed by atoms with Crippen molar-refractivity contribution >= 4 is 23.7 Å². The third-order valence-corrected chi connectivity index (χ3v) is 5.62. The molecule has 190 valence electrons. The Morgan fingerprint density at radius 2 is 1.00 bits per heavy atom. The van der Waals surface area contributed by atoms with E-state index in [1.807, 2.05) is 60.7 Å². The molecule has 1 N–H and O–H groups in total. The Hall–Kier alpha value is -4.74. The monoisotopic (exact) mass is 504 g/mol. The molecule has 5 nitrogen and oxygen atoms in total. The van der Waals surface area contributed by atoms with E-state index in [1.54, 1.807) is 66.8 Å². The fourth-order valence-electron chi connectivity index (χ4n) is 3.53. The maximum Gasteiger partial charge on any atom is 0.185 e. The Bertz CT molecular complexity index is 1370. The van der Waals surface area contributed by atoms with Crippen LogP contribution in [0.15, 0.2) is 121 Å². The highest BCUT2D eigenvalue weighted by Gasteiger charge is 2.08. The standard InChI is InChI=1S/C33H28O5/c34-29(23-37-30-17-11-26(12-18-30)14-22-32(35)27-9-5-2-6-10-27)24-38-31-19-15-28(16-20-31)33(36)21-13-25-7-3-1-4-8-25/h1-22,29,34H,23-24H2/b21-13-,22-14+/t29-/m1/s1. The van der Waals surface area contributed by atoms with Crippen LogP contribution in [0.2, 0.25) is 0 Å². The molecule has 0 aliphatic rings. The molecule has 0 amide bonds.